The largest absolute Gasteiger partial charge is 0.444 e. The van der Waals surface area contributed by atoms with Crippen LogP contribution < -0.4 is 5.32 Å². The highest BCUT2D eigenvalue weighted by Crippen LogP contribution is 2.32. The van der Waals surface area contributed by atoms with Crippen molar-refractivity contribution in [2.45, 2.75) is 45.0 Å². The Kier molecular flexibility index (Phi) is 5.31. The number of H-pyrrole nitrogens is 1. The summed E-state index contributed by atoms with van der Waals surface area (Å²) in [6.07, 6.45) is -3.39. The second-order valence-electron chi connectivity index (χ2n) is 6.80. The third-order valence-corrected chi connectivity index (χ3v) is 3.50. The SMILES string of the molecule is CC(C)(C)OC(=O)N[C@H](CO)Cc1c[nH]c2ccc(C(F)(F)F)cc12. The number of carbonyl (C=O) groups excluding carboxylic acids is 1. The summed E-state index contributed by atoms with van der Waals surface area (Å²) in [5, 5.41) is 12.4. The average Bonchev–Trinajstić information content (AvgIpc) is 2.86. The number of fused-ring (bicyclic) bond motifs is 1. The van der Waals surface area contributed by atoms with Crippen LogP contribution in [0.5, 0.6) is 0 Å². The first-order valence-corrected chi connectivity index (χ1v) is 7.77. The van der Waals surface area contributed by atoms with E-state index < -0.39 is 29.5 Å². The molecule has 1 aromatic heterocycles. The van der Waals surface area contributed by atoms with E-state index in [-0.39, 0.29) is 13.0 Å². The van der Waals surface area contributed by atoms with Gasteiger partial charge in [0.15, 0.2) is 0 Å². The van der Waals surface area contributed by atoms with Gasteiger partial charge in [0.1, 0.15) is 5.60 Å². The number of aliphatic hydroxyl groups is 1. The van der Waals surface area contributed by atoms with Gasteiger partial charge in [0.2, 0.25) is 0 Å². The zero-order valence-corrected chi connectivity index (χ0v) is 14.2. The van der Waals surface area contributed by atoms with E-state index in [4.69, 9.17) is 4.74 Å². The fourth-order valence-corrected chi connectivity index (χ4v) is 2.42. The smallest absolute Gasteiger partial charge is 0.416 e. The van der Waals surface area contributed by atoms with Crippen LogP contribution in [0.4, 0.5) is 18.0 Å². The van der Waals surface area contributed by atoms with Crippen molar-refractivity contribution in [1.82, 2.24) is 10.3 Å². The topological polar surface area (TPSA) is 74.3 Å². The average molecular weight is 358 g/mol. The van der Waals surface area contributed by atoms with Crippen molar-refractivity contribution in [1.29, 1.82) is 0 Å². The van der Waals surface area contributed by atoms with Gasteiger partial charge >= 0.3 is 12.3 Å². The van der Waals surface area contributed by atoms with E-state index >= 15 is 0 Å². The van der Waals surface area contributed by atoms with Gasteiger partial charge < -0.3 is 20.1 Å². The lowest BCUT2D eigenvalue weighted by molar-refractivity contribution is -0.137. The third-order valence-electron chi connectivity index (χ3n) is 3.50. The minimum absolute atomic E-state index is 0.164. The van der Waals surface area contributed by atoms with Gasteiger partial charge in [0, 0.05) is 17.1 Å². The molecule has 0 saturated heterocycles. The second kappa shape index (κ2) is 6.95. The Morgan fingerprint density at radius 1 is 1.32 bits per heavy atom. The molecule has 1 aromatic carbocycles. The van der Waals surface area contributed by atoms with Gasteiger partial charge in [-0.3, -0.25) is 0 Å². The molecule has 0 radical (unpaired) electrons. The maximum atomic E-state index is 12.9. The number of ether oxygens (including phenoxy) is 1. The minimum Gasteiger partial charge on any atom is -0.444 e. The first kappa shape index (κ1) is 19.1. The molecule has 5 nitrogen and oxygen atoms in total. The van der Waals surface area contributed by atoms with Gasteiger partial charge in [0.25, 0.3) is 0 Å². The number of amides is 1. The van der Waals surface area contributed by atoms with Gasteiger partial charge in [0.05, 0.1) is 18.2 Å². The normalized spacial score (nSPS) is 13.7. The molecule has 0 aliphatic rings. The van der Waals surface area contributed by atoms with E-state index in [1.54, 1.807) is 27.0 Å². The summed E-state index contributed by atoms with van der Waals surface area (Å²) in [4.78, 5) is 14.7. The summed E-state index contributed by atoms with van der Waals surface area (Å²) >= 11 is 0. The molecule has 3 N–H and O–H groups in total. The number of hydrogen-bond acceptors (Lipinski definition) is 3. The van der Waals surface area contributed by atoms with Crippen molar-refractivity contribution < 1.29 is 27.8 Å². The molecule has 8 heteroatoms. The minimum atomic E-state index is -4.44. The van der Waals surface area contributed by atoms with Gasteiger partial charge in [-0.05, 0) is 51.0 Å². The van der Waals surface area contributed by atoms with E-state index in [0.717, 1.165) is 12.1 Å². The van der Waals surface area contributed by atoms with Crippen LogP contribution in [0.2, 0.25) is 0 Å². The molecule has 0 aliphatic carbocycles. The van der Waals surface area contributed by atoms with Gasteiger partial charge in [-0.2, -0.15) is 13.2 Å². The van der Waals surface area contributed by atoms with Crippen molar-refractivity contribution >= 4 is 17.0 Å². The van der Waals surface area contributed by atoms with Crippen LogP contribution in [0.3, 0.4) is 0 Å². The maximum absolute atomic E-state index is 12.9. The molecular weight excluding hydrogens is 337 g/mol. The first-order valence-electron chi connectivity index (χ1n) is 7.77. The Hall–Kier alpha value is -2.22. The second-order valence-corrected chi connectivity index (χ2v) is 6.80. The highest BCUT2D eigenvalue weighted by molar-refractivity contribution is 5.84. The molecule has 138 valence electrons. The number of aliphatic hydroxyl groups excluding tert-OH is 1. The molecular formula is C17H21F3N2O3. The predicted octanol–water partition coefficient (Wildman–Crippen LogP) is 3.61. The van der Waals surface area contributed by atoms with Crippen LogP contribution in [0, 0.1) is 0 Å². The van der Waals surface area contributed by atoms with Gasteiger partial charge in [-0.25, -0.2) is 4.79 Å². The number of alkyl halides is 3. The molecule has 2 rings (SSSR count). The number of benzene rings is 1. The molecule has 1 amide bonds. The Bertz CT molecular complexity index is 748. The van der Waals surface area contributed by atoms with Crippen molar-refractivity contribution in [2.75, 3.05) is 6.61 Å². The number of nitrogens with one attached hydrogen (secondary N) is 2. The summed E-state index contributed by atoms with van der Waals surface area (Å²) in [7, 11) is 0. The number of aromatic amines is 1. The zero-order valence-electron chi connectivity index (χ0n) is 14.2. The molecule has 0 aliphatic heterocycles. The molecule has 0 bridgehead atoms. The summed E-state index contributed by atoms with van der Waals surface area (Å²) in [6.45, 7) is 4.75. The summed E-state index contributed by atoms with van der Waals surface area (Å²) < 4.78 is 43.8. The molecule has 0 spiro atoms. The molecule has 0 fully saturated rings. The van der Waals surface area contributed by atoms with Crippen molar-refractivity contribution in [3.05, 3.63) is 35.5 Å². The lowest BCUT2D eigenvalue weighted by Crippen LogP contribution is -2.42. The Balaban J connectivity index is 2.18. The lowest BCUT2D eigenvalue weighted by Gasteiger charge is -2.22. The van der Waals surface area contributed by atoms with E-state index in [1.165, 1.54) is 6.07 Å². The fourth-order valence-electron chi connectivity index (χ4n) is 2.42. The third kappa shape index (κ3) is 5.12. The van der Waals surface area contributed by atoms with Crippen LogP contribution in [0.25, 0.3) is 10.9 Å². The number of rotatable bonds is 4. The maximum Gasteiger partial charge on any atom is 0.416 e. The Labute approximate surface area is 143 Å². The van der Waals surface area contributed by atoms with Crippen LogP contribution in [0.15, 0.2) is 24.4 Å². The lowest BCUT2D eigenvalue weighted by atomic mass is 10.0. The van der Waals surface area contributed by atoms with Crippen LogP contribution in [-0.4, -0.2) is 34.4 Å². The number of hydrogen-bond donors (Lipinski definition) is 3. The van der Waals surface area contributed by atoms with Crippen molar-refractivity contribution in [3.8, 4) is 0 Å². The molecule has 2 aromatic rings. The van der Waals surface area contributed by atoms with Crippen LogP contribution in [0.1, 0.15) is 31.9 Å². The number of aromatic nitrogens is 1. The molecule has 1 heterocycles. The zero-order chi connectivity index (χ0) is 18.8. The van der Waals surface area contributed by atoms with Crippen molar-refractivity contribution in [2.24, 2.45) is 0 Å². The monoisotopic (exact) mass is 358 g/mol. The van der Waals surface area contributed by atoms with E-state index in [9.17, 15) is 23.1 Å². The summed E-state index contributed by atoms with van der Waals surface area (Å²) in [5.41, 5.74) is -0.318. The van der Waals surface area contributed by atoms with Crippen LogP contribution in [-0.2, 0) is 17.3 Å². The summed E-state index contributed by atoms with van der Waals surface area (Å²) in [6, 6.07) is 2.74. The molecule has 1 atom stereocenters. The van der Waals surface area contributed by atoms with Gasteiger partial charge in [-0.15, -0.1) is 0 Å². The highest BCUT2D eigenvalue weighted by atomic mass is 19.4. The number of carbonyl (C=O) groups is 1. The van der Waals surface area contributed by atoms with E-state index in [0.29, 0.717) is 16.5 Å². The first-order chi connectivity index (χ1) is 11.5. The van der Waals surface area contributed by atoms with Crippen molar-refractivity contribution in [3.63, 3.8) is 0 Å². The number of alkyl carbamates (subject to hydrolysis) is 1. The summed E-state index contributed by atoms with van der Waals surface area (Å²) in [5.74, 6) is 0. The highest BCUT2D eigenvalue weighted by Gasteiger charge is 2.31. The standard InChI is InChI=1S/C17H21F3N2O3/c1-16(2,3)25-15(24)22-12(9-23)6-10-8-21-14-5-4-11(7-13(10)14)17(18,19)20/h4-5,7-8,12,21,23H,6,9H2,1-3H3,(H,22,24)/t12-/m0/s1. The fraction of sp³-hybridized carbons (Fsp3) is 0.471. The Morgan fingerprint density at radius 3 is 2.56 bits per heavy atom. The van der Waals surface area contributed by atoms with Crippen LogP contribution >= 0.6 is 0 Å². The quantitative estimate of drug-likeness (QED) is 0.782. The Morgan fingerprint density at radius 2 is 2.00 bits per heavy atom. The van der Waals surface area contributed by atoms with E-state index in [2.05, 4.69) is 10.3 Å². The predicted molar refractivity (Wildman–Crippen MR) is 87.2 cm³/mol. The van der Waals surface area contributed by atoms with E-state index in [1.807, 2.05) is 0 Å². The number of halogens is 3. The molecule has 0 unspecified atom stereocenters. The van der Waals surface area contributed by atoms with Gasteiger partial charge in [-0.1, -0.05) is 0 Å². The molecule has 0 saturated carbocycles. The molecule has 25 heavy (non-hydrogen) atoms.